The van der Waals surface area contributed by atoms with E-state index in [1.165, 1.54) is 4.90 Å². The zero-order valence-corrected chi connectivity index (χ0v) is 14.9. The number of hydrogen-bond donors (Lipinski definition) is 1. The van der Waals surface area contributed by atoms with Crippen LogP contribution in [0.2, 0.25) is 0 Å². The number of sulfone groups is 1. The summed E-state index contributed by atoms with van der Waals surface area (Å²) in [5.74, 6) is -0.306. The topological polar surface area (TPSA) is 92.8 Å². The fourth-order valence-electron chi connectivity index (χ4n) is 2.04. The molecule has 0 atom stereocenters. The number of carbonyl (C=O) groups excluding carboxylic acids is 2. The Bertz CT molecular complexity index is 720. The Kier molecular flexibility index (Phi) is 5.64. The lowest BCUT2D eigenvalue weighted by atomic mass is 10.2. The van der Waals surface area contributed by atoms with Crippen LogP contribution < -0.4 is 15.0 Å². The van der Waals surface area contributed by atoms with E-state index in [0.717, 1.165) is 4.47 Å². The number of benzene rings is 1. The summed E-state index contributed by atoms with van der Waals surface area (Å²) in [7, 11) is -3.13. The van der Waals surface area contributed by atoms with Crippen molar-refractivity contribution in [2.75, 3.05) is 36.1 Å². The van der Waals surface area contributed by atoms with E-state index >= 15 is 0 Å². The normalized spacial score (nSPS) is 14.2. The number of ether oxygens (including phenoxy) is 1. The maximum Gasteiger partial charge on any atom is 0.265 e. The molecule has 0 radical (unpaired) electrons. The number of rotatable bonds is 6. The van der Waals surface area contributed by atoms with Gasteiger partial charge in [0.1, 0.15) is 12.3 Å². The van der Waals surface area contributed by atoms with Crippen LogP contribution in [0, 0.1) is 0 Å². The third-order valence-electron chi connectivity index (χ3n) is 3.34. The van der Waals surface area contributed by atoms with Crippen molar-refractivity contribution in [3.8, 4) is 5.75 Å². The second-order valence-corrected chi connectivity index (χ2v) is 8.36. The average molecular weight is 405 g/mol. The second kappa shape index (κ2) is 7.31. The third-order valence-corrected chi connectivity index (χ3v) is 5.54. The molecule has 9 heteroatoms. The van der Waals surface area contributed by atoms with E-state index < -0.39 is 15.7 Å². The highest BCUT2D eigenvalue weighted by molar-refractivity contribution is 9.10. The smallest absolute Gasteiger partial charge is 0.265 e. The van der Waals surface area contributed by atoms with Crippen molar-refractivity contribution < 1.29 is 22.7 Å². The first-order chi connectivity index (χ1) is 10.8. The van der Waals surface area contributed by atoms with Crippen molar-refractivity contribution in [2.24, 2.45) is 0 Å². The molecule has 0 saturated carbocycles. The summed E-state index contributed by atoms with van der Waals surface area (Å²) in [5.41, 5.74) is 0.515. The fourth-order valence-corrected chi connectivity index (χ4v) is 3.08. The molecule has 0 aliphatic carbocycles. The Morgan fingerprint density at radius 3 is 2.87 bits per heavy atom. The maximum absolute atomic E-state index is 12.0. The Balaban J connectivity index is 2.00. The summed E-state index contributed by atoms with van der Waals surface area (Å²) < 4.78 is 28.9. The Hall–Kier alpha value is -1.61. The molecule has 1 aliphatic rings. The summed E-state index contributed by atoms with van der Waals surface area (Å²) in [6, 6.07) is 5.16. The largest absolute Gasteiger partial charge is 0.482 e. The van der Waals surface area contributed by atoms with E-state index in [4.69, 9.17) is 4.74 Å². The van der Waals surface area contributed by atoms with Gasteiger partial charge in [0, 0.05) is 16.8 Å². The minimum Gasteiger partial charge on any atom is -0.482 e. The number of hydrogen-bond acceptors (Lipinski definition) is 5. The first-order valence-corrected chi connectivity index (χ1v) is 9.63. The van der Waals surface area contributed by atoms with Gasteiger partial charge in [-0.3, -0.25) is 14.5 Å². The molecule has 0 saturated heterocycles. The number of nitrogens with zero attached hydrogens (tertiary/aromatic N) is 1. The number of amides is 2. The molecule has 0 fully saturated rings. The average Bonchev–Trinajstić information content (AvgIpc) is 2.50. The van der Waals surface area contributed by atoms with Crippen LogP contribution in [0.4, 0.5) is 5.69 Å². The molecule has 1 aromatic rings. The molecule has 1 heterocycles. The van der Waals surface area contributed by atoms with Gasteiger partial charge in [0.05, 0.1) is 11.4 Å². The van der Waals surface area contributed by atoms with E-state index in [1.54, 1.807) is 25.1 Å². The number of fused-ring (bicyclic) bond motifs is 1. The molecule has 1 aromatic carbocycles. The van der Waals surface area contributed by atoms with Crippen molar-refractivity contribution in [2.45, 2.75) is 6.92 Å². The molecule has 0 spiro atoms. The van der Waals surface area contributed by atoms with Gasteiger partial charge in [0.2, 0.25) is 5.91 Å². The van der Waals surface area contributed by atoms with E-state index in [2.05, 4.69) is 21.2 Å². The van der Waals surface area contributed by atoms with Gasteiger partial charge in [-0.05, 0) is 18.2 Å². The zero-order chi connectivity index (χ0) is 17.0. The quantitative estimate of drug-likeness (QED) is 0.753. The van der Waals surface area contributed by atoms with E-state index in [1.807, 2.05) is 0 Å². The van der Waals surface area contributed by atoms with E-state index in [-0.39, 0.29) is 37.1 Å². The number of carbonyl (C=O) groups is 2. The van der Waals surface area contributed by atoms with Crippen LogP contribution in [0.3, 0.4) is 0 Å². The molecule has 1 N–H and O–H groups in total. The molecule has 0 unspecified atom stereocenters. The minimum absolute atomic E-state index is 0.0285. The zero-order valence-electron chi connectivity index (χ0n) is 12.5. The number of nitrogens with one attached hydrogen (secondary N) is 1. The Morgan fingerprint density at radius 2 is 2.17 bits per heavy atom. The molecule has 7 nitrogen and oxygen atoms in total. The second-order valence-electron chi connectivity index (χ2n) is 4.97. The summed E-state index contributed by atoms with van der Waals surface area (Å²) in [5, 5.41) is 2.52. The van der Waals surface area contributed by atoms with E-state index in [9.17, 15) is 18.0 Å². The van der Waals surface area contributed by atoms with Crippen LogP contribution in [0.25, 0.3) is 0 Å². The van der Waals surface area contributed by atoms with Crippen molar-refractivity contribution in [1.29, 1.82) is 0 Å². The van der Waals surface area contributed by atoms with Gasteiger partial charge >= 0.3 is 0 Å². The lowest BCUT2D eigenvalue weighted by Gasteiger charge is -2.29. The molecule has 0 aromatic heterocycles. The van der Waals surface area contributed by atoms with Crippen LogP contribution in [-0.4, -0.2) is 51.4 Å². The Labute approximate surface area is 143 Å². The molecule has 0 bridgehead atoms. The van der Waals surface area contributed by atoms with Gasteiger partial charge in [-0.1, -0.05) is 22.9 Å². The molecule has 126 valence electrons. The van der Waals surface area contributed by atoms with Gasteiger partial charge in [0.25, 0.3) is 5.91 Å². The monoisotopic (exact) mass is 404 g/mol. The van der Waals surface area contributed by atoms with Gasteiger partial charge in [0.15, 0.2) is 16.4 Å². The highest BCUT2D eigenvalue weighted by Gasteiger charge is 2.27. The SMILES string of the molecule is CCS(=O)(=O)CCNC(=O)CN1C(=O)COc2cc(Br)ccc21. The maximum atomic E-state index is 12.0. The molecular formula is C14H17BrN2O5S. The summed E-state index contributed by atoms with van der Waals surface area (Å²) in [4.78, 5) is 25.3. The van der Waals surface area contributed by atoms with Crippen molar-refractivity contribution >= 4 is 43.3 Å². The minimum atomic E-state index is -3.13. The van der Waals surface area contributed by atoms with Gasteiger partial charge in [-0.25, -0.2) is 8.42 Å². The molecule has 1 aliphatic heterocycles. The van der Waals surface area contributed by atoms with Crippen molar-refractivity contribution in [3.05, 3.63) is 22.7 Å². The number of halogens is 1. The van der Waals surface area contributed by atoms with Gasteiger partial charge in [-0.15, -0.1) is 0 Å². The van der Waals surface area contributed by atoms with E-state index in [0.29, 0.717) is 11.4 Å². The molecule has 2 rings (SSSR count). The lowest BCUT2D eigenvalue weighted by Crippen LogP contribution is -2.45. The van der Waals surface area contributed by atoms with Crippen LogP contribution in [0.5, 0.6) is 5.75 Å². The van der Waals surface area contributed by atoms with Crippen LogP contribution in [0.1, 0.15) is 6.92 Å². The molecule has 2 amide bonds. The summed E-state index contributed by atoms with van der Waals surface area (Å²) in [6.45, 7) is 1.27. The Morgan fingerprint density at radius 1 is 1.43 bits per heavy atom. The van der Waals surface area contributed by atoms with Crippen LogP contribution >= 0.6 is 15.9 Å². The highest BCUT2D eigenvalue weighted by atomic mass is 79.9. The lowest BCUT2D eigenvalue weighted by molar-refractivity contribution is -0.125. The number of anilines is 1. The first kappa shape index (κ1) is 17.7. The molecule has 23 heavy (non-hydrogen) atoms. The van der Waals surface area contributed by atoms with Crippen LogP contribution in [-0.2, 0) is 19.4 Å². The van der Waals surface area contributed by atoms with Crippen molar-refractivity contribution in [3.63, 3.8) is 0 Å². The predicted molar refractivity (Wildman–Crippen MR) is 89.3 cm³/mol. The highest BCUT2D eigenvalue weighted by Crippen LogP contribution is 2.34. The summed E-state index contributed by atoms with van der Waals surface area (Å²) in [6.07, 6.45) is 0. The molecular weight excluding hydrogens is 388 g/mol. The third kappa shape index (κ3) is 4.68. The first-order valence-electron chi connectivity index (χ1n) is 7.02. The predicted octanol–water partition coefficient (Wildman–Crippen LogP) is 0.725. The summed E-state index contributed by atoms with van der Waals surface area (Å²) >= 11 is 3.32. The van der Waals surface area contributed by atoms with Crippen molar-refractivity contribution in [1.82, 2.24) is 5.32 Å². The van der Waals surface area contributed by atoms with Crippen LogP contribution in [0.15, 0.2) is 22.7 Å². The van der Waals surface area contributed by atoms with Gasteiger partial charge in [-0.2, -0.15) is 0 Å². The fraction of sp³-hybridized carbons (Fsp3) is 0.429. The standard InChI is InChI=1S/C14H17BrN2O5S/c1-2-23(20,21)6-5-16-13(18)8-17-11-4-3-10(15)7-12(11)22-9-14(17)19/h3-4,7H,2,5-6,8-9H2,1H3,(H,16,18). The van der Waals surface area contributed by atoms with Gasteiger partial charge < -0.3 is 10.1 Å².